The number of hydrogen-bond acceptors (Lipinski definition) is 3. The van der Waals surface area contributed by atoms with Crippen molar-refractivity contribution in [3.05, 3.63) is 24.3 Å². The minimum atomic E-state index is -0.735. The molecule has 0 saturated heterocycles. The van der Waals surface area contributed by atoms with Gasteiger partial charge in [0.05, 0.1) is 10.7 Å². The maximum absolute atomic E-state index is 10.6. The van der Waals surface area contributed by atoms with Gasteiger partial charge in [-0.05, 0) is 49.0 Å². The quantitative estimate of drug-likeness (QED) is 0.206. The molecule has 0 heterocycles. The average molecular weight is 410 g/mol. The Kier molecular flexibility index (Phi) is 11.7. The number of thioether (sulfide) groups is 1. The summed E-state index contributed by atoms with van der Waals surface area (Å²) in [4.78, 5) is 12.6. The van der Waals surface area contributed by atoms with Gasteiger partial charge < -0.3 is 10.4 Å². The predicted molar refractivity (Wildman–Crippen MR) is 122 cm³/mol. The molecule has 0 saturated carbocycles. The second-order valence-electron chi connectivity index (χ2n) is 8.22. The van der Waals surface area contributed by atoms with Crippen molar-refractivity contribution in [1.82, 2.24) is 0 Å². The van der Waals surface area contributed by atoms with E-state index in [4.69, 9.17) is 17.3 Å². The van der Waals surface area contributed by atoms with Gasteiger partial charge in [-0.15, -0.1) is 11.8 Å². The number of anilines is 1. The Morgan fingerprint density at radius 2 is 1.70 bits per heavy atom. The minimum absolute atomic E-state index is 0.219. The largest absolute Gasteiger partial charge is 0.481 e. The molecular weight excluding hydrogens is 374 g/mol. The van der Waals surface area contributed by atoms with Gasteiger partial charge in [-0.2, -0.15) is 0 Å². The fourth-order valence-electron chi connectivity index (χ4n) is 2.79. The van der Waals surface area contributed by atoms with Crippen molar-refractivity contribution < 1.29 is 9.90 Å². The smallest absolute Gasteiger partial charge is 0.303 e. The third-order valence-electron chi connectivity index (χ3n) is 4.28. The first-order valence-electron chi connectivity index (χ1n) is 10.0. The summed E-state index contributed by atoms with van der Waals surface area (Å²) in [5.41, 5.74) is 1.48. The topological polar surface area (TPSA) is 49.3 Å². The SMILES string of the molecule is CC(C)(C)CCCCCCCC(=S)Nc1ccccc1SCCCC(=O)O. The van der Waals surface area contributed by atoms with E-state index in [0.29, 0.717) is 11.8 Å². The highest BCUT2D eigenvalue weighted by Crippen LogP contribution is 2.28. The molecule has 0 bridgehead atoms. The molecule has 0 atom stereocenters. The summed E-state index contributed by atoms with van der Waals surface area (Å²) in [6.07, 6.45) is 9.40. The molecule has 27 heavy (non-hydrogen) atoms. The molecular formula is C22H35NO2S2. The van der Waals surface area contributed by atoms with E-state index in [2.05, 4.69) is 32.2 Å². The van der Waals surface area contributed by atoms with Gasteiger partial charge in [-0.1, -0.05) is 70.8 Å². The van der Waals surface area contributed by atoms with Crippen LogP contribution in [-0.2, 0) is 4.79 Å². The van der Waals surface area contributed by atoms with Crippen LogP contribution < -0.4 is 5.32 Å². The number of para-hydroxylation sites is 1. The Hall–Kier alpha value is -1.07. The molecule has 0 radical (unpaired) electrons. The zero-order chi connectivity index (χ0) is 20.1. The molecule has 5 heteroatoms. The van der Waals surface area contributed by atoms with E-state index in [0.717, 1.165) is 34.2 Å². The van der Waals surface area contributed by atoms with Gasteiger partial charge in [-0.3, -0.25) is 4.79 Å². The van der Waals surface area contributed by atoms with E-state index in [9.17, 15) is 4.79 Å². The van der Waals surface area contributed by atoms with Gasteiger partial charge in [0.2, 0.25) is 0 Å². The van der Waals surface area contributed by atoms with Crippen LogP contribution in [0.1, 0.15) is 78.6 Å². The number of benzene rings is 1. The fourth-order valence-corrected chi connectivity index (χ4v) is 4.00. The van der Waals surface area contributed by atoms with E-state index in [1.54, 1.807) is 11.8 Å². The molecule has 0 amide bonds. The minimum Gasteiger partial charge on any atom is -0.481 e. The second kappa shape index (κ2) is 13.2. The number of nitrogens with one attached hydrogen (secondary N) is 1. The van der Waals surface area contributed by atoms with E-state index < -0.39 is 5.97 Å². The average Bonchev–Trinajstić information content (AvgIpc) is 2.58. The lowest BCUT2D eigenvalue weighted by Crippen LogP contribution is -2.09. The van der Waals surface area contributed by atoms with E-state index in [-0.39, 0.29) is 6.42 Å². The summed E-state index contributed by atoms with van der Waals surface area (Å²) in [5.74, 6) is 0.0633. The van der Waals surface area contributed by atoms with Crippen molar-refractivity contribution in [3.8, 4) is 0 Å². The maximum atomic E-state index is 10.6. The number of carboxylic acids is 1. The lowest BCUT2D eigenvalue weighted by atomic mass is 9.89. The number of thiocarbonyl (C=S) groups is 1. The highest BCUT2D eigenvalue weighted by molar-refractivity contribution is 7.99. The number of carboxylic acid groups (broad SMARTS) is 1. The maximum Gasteiger partial charge on any atom is 0.303 e. The first-order valence-corrected chi connectivity index (χ1v) is 11.4. The zero-order valence-corrected chi connectivity index (χ0v) is 18.7. The standard InChI is InChI=1S/C22H35NO2S2/c1-22(2,3)16-10-6-4-5-7-14-20(26)23-18-12-8-9-13-19(18)27-17-11-15-21(24)25/h8-9,12-13H,4-7,10-11,14-17H2,1-3H3,(H,23,26)(H,24,25). The summed E-state index contributed by atoms with van der Waals surface area (Å²) >= 11 is 7.20. The molecule has 1 rings (SSSR count). The van der Waals surface area contributed by atoms with E-state index in [1.807, 2.05) is 18.2 Å². The Balaban J connectivity index is 2.25. The Bertz CT molecular complexity index is 582. The van der Waals surface area contributed by atoms with Gasteiger partial charge in [0, 0.05) is 11.3 Å². The van der Waals surface area contributed by atoms with E-state index in [1.165, 1.54) is 32.1 Å². The first-order chi connectivity index (χ1) is 12.8. The molecule has 1 aromatic rings. The van der Waals surface area contributed by atoms with Crippen LogP contribution in [0.15, 0.2) is 29.2 Å². The van der Waals surface area contributed by atoms with Crippen molar-refractivity contribution in [2.75, 3.05) is 11.1 Å². The molecule has 0 aliphatic heterocycles. The monoisotopic (exact) mass is 409 g/mol. The van der Waals surface area contributed by atoms with Crippen LogP contribution in [0.25, 0.3) is 0 Å². The summed E-state index contributed by atoms with van der Waals surface area (Å²) in [7, 11) is 0. The fraction of sp³-hybridized carbons (Fsp3) is 0.636. The van der Waals surface area contributed by atoms with Gasteiger partial charge >= 0.3 is 5.97 Å². The summed E-state index contributed by atoms with van der Waals surface area (Å²) in [5, 5.41) is 12.1. The number of hydrogen-bond donors (Lipinski definition) is 2. The molecule has 2 N–H and O–H groups in total. The van der Waals surface area contributed by atoms with Crippen LogP contribution in [0.5, 0.6) is 0 Å². The van der Waals surface area contributed by atoms with Crippen LogP contribution >= 0.6 is 24.0 Å². The van der Waals surface area contributed by atoms with Crippen molar-refractivity contribution in [3.63, 3.8) is 0 Å². The Morgan fingerprint density at radius 3 is 2.41 bits per heavy atom. The number of unbranched alkanes of at least 4 members (excludes halogenated alkanes) is 4. The number of carbonyl (C=O) groups is 1. The van der Waals surface area contributed by atoms with Gasteiger partial charge in [-0.25, -0.2) is 0 Å². The van der Waals surface area contributed by atoms with Crippen molar-refractivity contribution in [1.29, 1.82) is 0 Å². The van der Waals surface area contributed by atoms with E-state index >= 15 is 0 Å². The number of aliphatic carboxylic acids is 1. The highest BCUT2D eigenvalue weighted by atomic mass is 32.2. The van der Waals surface area contributed by atoms with Crippen molar-refractivity contribution in [2.45, 2.75) is 83.5 Å². The third-order valence-corrected chi connectivity index (χ3v) is 5.75. The van der Waals surface area contributed by atoms with Crippen molar-refractivity contribution in [2.24, 2.45) is 5.41 Å². The van der Waals surface area contributed by atoms with Gasteiger partial charge in [0.1, 0.15) is 0 Å². The van der Waals surface area contributed by atoms with Crippen LogP contribution in [0.4, 0.5) is 5.69 Å². The predicted octanol–water partition coefficient (Wildman–Crippen LogP) is 7.16. The normalized spacial score (nSPS) is 11.4. The van der Waals surface area contributed by atoms with Crippen LogP contribution in [0.2, 0.25) is 0 Å². The molecule has 1 aromatic carbocycles. The lowest BCUT2D eigenvalue weighted by molar-refractivity contribution is -0.137. The van der Waals surface area contributed by atoms with Crippen LogP contribution in [0, 0.1) is 5.41 Å². The molecule has 0 spiro atoms. The lowest BCUT2D eigenvalue weighted by Gasteiger charge is -2.17. The first kappa shape index (κ1) is 24.0. The molecule has 152 valence electrons. The van der Waals surface area contributed by atoms with Gasteiger partial charge in [0.15, 0.2) is 0 Å². The molecule has 3 nitrogen and oxygen atoms in total. The summed E-state index contributed by atoms with van der Waals surface area (Å²) in [6, 6.07) is 8.11. The zero-order valence-electron chi connectivity index (χ0n) is 17.1. The second-order valence-corrected chi connectivity index (χ2v) is 9.85. The molecule has 0 aromatic heterocycles. The Morgan fingerprint density at radius 1 is 1.04 bits per heavy atom. The summed E-state index contributed by atoms with van der Waals surface area (Å²) in [6.45, 7) is 6.91. The van der Waals surface area contributed by atoms with Crippen molar-refractivity contribution >= 4 is 40.6 Å². The van der Waals surface area contributed by atoms with Crippen LogP contribution in [0.3, 0.4) is 0 Å². The molecule has 0 fully saturated rings. The Labute approximate surface area is 174 Å². The third kappa shape index (κ3) is 12.9. The number of rotatable bonds is 13. The molecule has 0 aliphatic rings. The highest BCUT2D eigenvalue weighted by Gasteiger charge is 2.09. The summed E-state index contributed by atoms with van der Waals surface area (Å²) < 4.78 is 0. The van der Waals surface area contributed by atoms with Crippen LogP contribution in [-0.4, -0.2) is 21.8 Å². The molecule has 0 aliphatic carbocycles. The molecule has 0 unspecified atom stereocenters. The van der Waals surface area contributed by atoms with Gasteiger partial charge in [0.25, 0.3) is 0 Å².